The minimum absolute atomic E-state index is 0.0520. The Hall–Kier alpha value is -2.30. The van der Waals surface area contributed by atoms with Crippen LogP contribution in [0.2, 0.25) is 5.02 Å². The van der Waals surface area contributed by atoms with Crippen molar-refractivity contribution in [1.29, 1.82) is 0 Å². The number of fused-ring (bicyclic) bond motifs is 1. The number of benzene rings is 2. The van der Waals surface area contributed by atoms with Crippen LogP contribution in [0.3, 0.4) is 0 Å². The summed E-state index contributed by atoms with van der Waals surface area (Å²) in [6, 6.07) is 15.9. The lowest BCUT2D eigenvalue weighted by Crippen LogP contribution is -2.27. The van der Waals surface area contributed by atoms with E-state index in [4.69, 9.17) is 11.6 Å². The van der Waals surface area contributed by atoms with Gasteiger partial charge in [0.05, 0.1) is 5.41 Å². The molecule has 0 radical (unpaired) electrons. The van der Waals surface area contributed by atoms with Crippen LogP contribution >= 0.6 is 11.6 Å². The van der Waals surface area contributed by atoms with Gasteiger partial charge < -0.3 is 14.8 Å². The fourth-order valence-corrected chi connectivity index (χ4v) is 3.78. The van der Waals surface area contributed by atoms with E-state index in [1.807, 2.05) is 36.4 Å². The largest absolute Gasteiger partial charge is 0.346 e. The monoisotopic (exact) mass is 381 g/mol. The topological polar surface area (TPSA) is 37.3 Å². The Morgan fingerprint density at radius 1 is 1.19 bits per heavy atom. The third-order valence-corrected chi connectivity index (χ3v) is 5.61. The van der Waals surface area contributed by atoms with Crippen molar-refractivity contribution in [1.82, 2.24) is 9.47 Å². The standard InChI is InChI=1S/C22H24ClN3O/c1-25(2)12-13-26-11-8-16-14-19(6-7-20(16)26)24-21(27)22(9-10-22)17-4-3-5-18(23)15-17/h3-8,11,14-15H,9-10,12-13H2,1-2H3,(H,24,27). The van der Waals surface area contributed by atoms with E-state index in [-0.39, 0.29) is 5.91 Å². The second-order valence-electron chi connectivity index (χ2n) is 7.63. The summed E-state index contributed by atoms with van der Waals surface area (Å²) in [6.45, 7) is 1.94. The number of hydrogen-bond acceptors (Lipinski definition) is 2. The summed E-state index contributed by atoms with van der Waals surface area (Å²) in [5.74, 6) is 0.0520. The highest BCUT2D eigenvalue weighted by Gasteiger charge is 2.51. The van der Waals surface area contributed by atoms with Crippen molar-refractivity contribution in [2.45, 2.75) is 24.8 Å². The number of carbonyl (C=O) groups is 1. The van der Waals surface area contributed by atoms with Crippen LogP contribution in [0.15, 0.2) is 54.7 Å². The predicted octanol–water partition coefficient (Wildman–Crippen LogP) is 4.53. The highest BCUT2D eigenvalue weighted by Crippen LogP contribution is 2.49. The average molecular weight is 382 g/mol. The molecule has 1 fully saturated rings. The van der Waals surface area contributed by atoms with Crippen molar-refractivity contribution in [3.05, 3.63) is 65.3 Å². The predicted molar refractivity (Wildman–Crippen MR) is 111 cm³/mol. The summed E-state index contributed by atoms with van der Waals surface area (Å²) in [5.41, 5.74) is 2.60. The van der Waals surface area contributed by atoms with Gasteiger partial charge in [0.15, 0.2) is 0 Å². The molecule has 1 amide bonds. The lowest BCUT2D eigenvalue weighted by Gasteiger charge is -2.16. The highest BCUT2D eigenvalue weighted by atomic mass is 35.5. The van der Waals surface area contributed by atoms with Gasteiger partial charge in [0.1, 0.15) is 0 Å². The number of amides is 1. The quantitative estimate of drug-likeness (QED) is 0.681. The zero-order chi connectivity index (χ0) is 19.0. The van der Waals surface area contributed by atoms with E-state index in [0.29, 0.717) is 5.02 Å². The normalized spacial score (nSPS) is 15.3. The zero-order valence-electron chi connectivity index (χ0n) is 15.7. The van der Waals surface area contributed by atoms with Gasteiger partial charge in [0.2, 0.25) is 5.91 Å². The van der Waals surface area contributed by atoms with Crippen LogP contribution in [0.1, 0.15) is 18.4 Å². The van der Waals surface area contributed by atoms with Gasteiger partial charge >= 0.3 is 0 Å². The number of nitrogens with zero attached hydrogens (tertiary/aromatic N) is 2. The molecule has 1 aliphatic rings. The molecule has 4 nitrogen and oxygen atoms in total. The van der Waals surface area contributed by atoms with Gasteiger partial charge in [-0.1, -0.05) is 23.7 Å². The zero-order valence-corrected chi connectivity index (χ0v) is 16.5. The van der Waals surface area contributed by atoms with E-state index >= 15 is 0 Å². The lowest BCUT2D eigenvalue weighted by atomic mass is 9.95. The molecule has 0 spiro atoms. The Bertz CT molecular complexity index is 988. The molecule has 140 valence electrons. The second-order valence-corrected chi connectivity index (χ2v) is 8.07. The van der Waals surface area contributed by atoms with E-state index in [1.54, 1.807) is 0 Å². The molecule has 1 aliphatic carbocycles. The molecule has 0 bridgehead atoms. The van der Waals surface area contributed by atoms with Gasteiger partial charge in [0.25, 0.3) is 0 Å². The fraction of sp³-hybridized carbons (Fsp3) is 0.318. The Kier molecular flexibility index (Phi) is 4.70. The van der Waals surface area contributed by atoms with Crippen LogP contribution in [0.25, 0.3) is 10.9 Å². The number of nitrogens with one attached hydrogen (secondary N) is 1. The third-order valence-electron chi connectivity index (χ3n) is 5.38. The third kappa shape index (κ3) is 3.60. The van der Waals surface area contributed by atoms with Gasteiger partial charge in [-0.15, -0.1) is 0 Å². The summed E-state index contributed by atoms with van der Waals surface area (Å²) in [7, 11) is 4.15. The number of halogens is 1. The van der Waals surface area contributed by atoms with E-state index in [1.165, 1.54) is 5.52 Å². The molecule has 5 heteroatoms. The summed E-state index contributed by atoms with van der Waals surface area (Å²) in [6.07, 6.45) is 3.83. The maximum absolute atomic E-state index is 13.0. The molecular formula is C22H24ClN3O. The molecule has 27 heavy (non-hydrogen) atoms. The molecule has 1 saturated carbocycles. The van der Waals surface area contributed by atoms with Crippen molar-refractivity contribution in [3.63, 3.8) is 0 Å². The first-order valence-corrected chi connectivity index (χ1v) is 9.67. The summed E-state index contributed by atoms with van der Waals surface area (Å²) in [5, 5.41) is 4.93. The maximum Gasteiger partial charge on any atom is 0.235 e. The van der Waals surface area contributed by atoms with Crippen molar-refractivity contribution < 1.29 is 4.79 Å². The van der Waals surface area contributed by atoms with Crippen molar-refractivity contribution >= 4 is 34.1 Å². The van der Waals surface area contributed by atoms with Crippen LogP contribution < -0.4 is 5.32 Å². The smallest absolute Gasteiger partial charge is 0.235 e. The summed E-state index contributed by atoms with van der Waals surface area (Å²) >= 11 is 6.12. The molecule has 0 atom stereocenters. The van der Waals surface area contributed by atoms with Crippen molar-refractivity contribution in [2.75, 3.05) is 26.0 Å². The number of aromatic nitrogens is 1. The minimum atomic E-state index is -0.433. The Balaban J connectivity index is 1.52. The first-order valence-electron chi connectivity index (χ1n) is 9.29. The molecule has 4 rings (SSSR count). The molecular weight excluding hydrogens is 358 g/mol. The van der Waals surface area contributed by atoms with Crippen LogP contribution in [-0.4, -0.2) is 36.0 Å². The molecule has 0 aliphatic heterocycles. The van der Waals surface area contributed by atoms with E-state index in [0.717, 1.165) is 42.6 Å². The molecule has 0 unspecified atom stereocenters. The summed E-state index contributed by atoms with van der Waals surface area (Å²) in [4.78, 5) is 15.1. The highest BCUT2D eigenvalue weighted by molar-refractivity contribution is 6.30. The van der Waals surface area contributed by atoms with Crippen LogP contribution in [-0.2, 0) is 16.8 Å². The van der Waals surface area contributed by atoms with Crippen LogP contribution in [0.4, 0.5) is 5.69 Å². The average Bonchev–Trinajstić information content (AvgIpc) is 3.36. The molecule has 0 saturated heterocycles. The van der Waals surface area contributed by atoms with Gasteiger partial charge in [-0.25, -0.2) is 0 Å². The molecule has 3 aromatic rings. The van der Waals surface area contributed by atoms with Crippen LogP contribution in [0.5, 0.6) is 0 Å². The number of carbonyl (C=O) groups excluding carboxylic acids is 1. The van der Waals surface area contributed by atoms with Crippen molar-refractivity contribution in [2.24, 2.45) is 0 Å². The summed E-state index contributed by atoms with van der Waals surface area (Å²) < 4.78 is 2.25. The van der Waals surface area contributed by atoms with Gasteiger partial charge in [0, 0.05) is 40.9 Å². The second kappa shape index (κ2) is 7.02. The van der Waals surface area contributed by atoms with E-state index < -0.39 is 5.41 Å². The molecule has 2 aromatic carbocycles. The Morgan fingerprint density at radius 2 is 2.00 bits per heavy atom. The first kappa shape index (κ1) is 18.1. The first-order chi connectivity index (χ1) is 13.0. The minimum Gasteiger partial charge on any atom is -0.346 e. The Morgan fingerprint density at radius 3 is 2.70 bits per heavy atom. The maximum atomic E-state index is 13.0. The lowest BCUT2D eigenvalue weighted by molar-refractivity contribution is -0.118. The number of hydrogen-bond donors (Lipinski definition) is 1. The Labute approximate surface area is 164 Å². The number of anilines is 1. The van der Waals surface area contributed by atoms with E-state index in [2.05, 4.69) is 47.2 Å². The van der Waals surface area contributed by atoms with Crippen molar-refractivity contribution in [3.8, 4) is 0 Å². The molecule has 1 N–H and O–H groups in total. The van der Waals surface area contributed by atoms with Crippen LogP contribution in [0, 0.1) is 0 Å². The fourth-order valence-electron chi connectivity index (χ4n) is 3.59. The van der Waals surface area contributed by atoms with E-state index in [9.17, 15) is 4.79 Å². The number of rotatable bonds is 6. The van der Waals surface area contributed by atoms with Gasteiger partial charge in [-0.3, -0.25) is 4.79 Å². The number of likely N-dealkylation sites (N-methyl/N-ethyl adjacent to an activating group) is 1. The van der Waals surface area contributed by atoms with Gasteiger partial charge in [-0.2, -0.15) is 0 Å². The molecule has 1 heterocycles. The van der Waals surface area contributed by atoms with Gasteiger partial charge in [-0.05, 0) is 68.9 Å². The molecule has 1 aromatic heterocycles. The SMILES string of the molecule is CN(C)CCn1ccc2cc(NC(=O)C3(c4cccc(Cl)c4)CC3)ccc21.